The molecule has 1 spiro atoms. The van der Waals surface area contributed by atoms with E-state index in [1.54, 1.807) is 11.3 Å². The minimum Gasteiger partial charge on any atom is -0.330 e. The first-order chi connectivity index (χ1) is 13.6. The summed E-state index contributed by atoms with van der Waals surface area (Å²) in [5, 5.41) is 8.68. The number of nitrogens with one attached hydrogen (secondary N) is 1. The van der Waals surface area contributed by atoms with Crippen LogP contribution in [0.5, 0.6) is 0 Å². The normalized spacial score (nSPS) is 27.8. The van der Waals surface area contributed by atoms with E-state index >= 15 is 0 Å². The molecule has 6 nitrogen and oxygen atoms in total. The van der Waals surface area contributed by atoms with Gasteiger partial charge in [0, 0.05) is 18.0 Å². The lowest BCUT2D eigenvalue weighted by atomic mass is 9.71. The summed E-state index contributed by atoms with van der Waals surface area (Å²) in [6.07, 6.45) is -1.28. The molecule has 2 fully saturated rings. The van der Waals surface area contributed by atoms with E-state index in [1.807, 2.05) is 0 Å². The third kappa shape index (κ3) is 3.31. The van der Waals surface area contributed by atoms with Crippen LogP contribution >= 0.6 is 11.3 Å². The van der Waals surface area contributed by atoms with Crippen molar-refractivity contribution in [2.45, 2.75) is 42.9 Å². The molecule has 0 radical (unpaired) electrons. The Balaban J connectivity index is 1.55. The molecule has 1 saturated heterocycles. The number of rotatable bonds is 3. The van der Waals surface area contributed by atoms with Crippen LogP contribution in [0.2, 0.25) is 0 Å². The fourth-order valence-corrected chi connectivity index (χ4v) is 5.69. The Kier molecular flexibility index (Phi) is 4.69. The Morgan fingerprint density at radius 2 is 1.93 bits per heavy atom. The number of alkyl halides is 3. The summed E-state index contributed by atoms with van der Waals surface area (Å²) in [4.78, 5) is 17.6. The summed E-state index contributed by atoms with van der Waals surface area (Å²) in [7, 11) is 5.58. The number of carbonyl (C=O) groups excluding carboxylic acids is 1. The van der Waals surface area contributed by atoms with Crippen LogP contribution in [-0.2, 0) is 18.8 Å². The number of nitrogens with zero attached hydrogens (tertiary/aromatic N) is 4. The van der Waals surface area contributed by atoms with Gasteiger partial charge in [0.1, 0.15) is 5.82 Å². The van der Waals surface area contributed by atoms with Crippen LogP contribution in [0.4, 0.5) is 23.8 Å². The number of halogens is 3. The summed E-state index contributed by atoms with van der Waals surface area (Å²) >= 11 is 1.73. The Morgan fingerprint density at radius 3 is 2.45 bits per heavy atom. The average Bonchev–Trinajstić information content (AvgIpc) is 3.35. The van der Waals surface area contributed by atoms with Crippen LogP contribution in [0, 0.1) is 0 Å². The average molecular weight is 427 g/mol. The Hall–Kier alpha value is -2.07. The fourth-order valence-electron chi connectivity index (χ4n) is 4.62. The largest absolute Gasteiger partial charge is 0.435 e. The van der Waals surface area contributed by atoms with E-state index in [9.17, 15) is 18.0 Å². The molecule has 2 aromatic rings. The molecule has 1 N–H and O–H groups in total. The lowest BCUT2D eigenvalue weighted by molar-refractivity contribution is -0.141. The van der Waals surface area contributed by atoms with Gasteiger partial charge in [-0.05, 0) is 51.2 Å². The first-order valence-corrected chi connectivity index (χ1v) is 10.4. The van der Waals surface area contributed by atoms with E-state index < -0.39 is 17.4 Å². The van der Waals surface area contributed by atoms with Crippen molar-refractivity contribution in [2.24, 2.45) is 7.05 Å². The third-order valence-electron chi connectivity index (χ3n) is 6.37. The molecule has 4 rings (SSSR count). The molecular weight excluding hydrogens is 403 g/mol. The second-order valence-electron chi connectivity index (χ2n) is 8.21. The van der Waals surface area contributed by atoms with E-state index in [1.165, 1.54) is 16.8 Å². The highest BCUT2D eigenvalue weighted by Gasteiger charge is 2.51. The van der Waals surface area contributed by atoms with Gasteiger partial charge in [-0.15, -0.1) is 11.3 Å². The maximum absolute atomic E-state index is 13.0. The minimum absolute atomic E-state index is 0.0758. The van der Waals surface area contributed by atoms with Crippen molar-refractivity contribution >= 4 is 23.2 Å². The molecule has 2 amide bonds. The topological polar surface area (TPSA) is 53.4 Å². The SMILES string of the molecule is Cn1nc(C(F)(F)F)cc1N1C[C@]2(CC[C@](c3cccs3)(N(C)C)CC2)NC1=O. The molecule has 0 aromatic carbocycles. The van der Waals surface area contributed by atoms with E-state index in [0.29, 0.717) is 6.54 Å². The number of thiophene rings is 1. The Bertz CT molecular complexity index is 898. The quantitative estimate of drug-likeness (QED) is 0.811. The number of carbonyl (C=O) groups is 1. The maximum Gasteiger partial charge on any atom is 0.435 e. The molecule has 10 heteroatoms. The number of aromatic nitrogens is 2. The predicted molar refractivity (Wildman–Crippen MR) is 105 cm³/mol. The highest BCUT2D eigenvalue weighted by atomic mass is 32.1. The molecule has 3 heterocycles. The molecule has 0 bridgehead atoms. The summed E-state index contributed by atoms with van der Waals surface area (Å²) in [5.74, 6) is 0.161. The smallest absolute Gasteiger partial charge is 0.330 e. The van der Waals surface area contributed by atoms with Crippen molar-refractivity contribution in [3.8, 4) is 0 Å². The summed E-state index contributed by atoms with van der Waals surface area (Å²) in [6, 6.07) is 4.78. The lowest BCUT2D eigenvalue weighted by Crippen LogP contribution is -2.53. The highest BCUT2D eigenvalue weighted by molar-refractivity contribution is 7.10. The molecule has 29 heavy (non-hydrogen) atoms. The van der Waals surface area contributed by atoms with Crippen LogP contribution < -0.4 is 10.2 Å². The Labute approximate surface area is 171 Å². The molecule has 1 aliphatic carbocycles. The van der Waals surface area contributed by atoms with E-state index in [2.05, 4.69) is 46.9 Å². The molecular formula is C19H24F3N5OS. The number of hydrogen-bond donors (Lipinski definition) is 1. The minimum atomic E-state index is -4.54. The van der Waals surface area contributed by atoms with E-state index in [0.717, 1.165) is 36.4 Å². The van der Waals surface area contributed by atoms with Crippen LogP contribution in [0.25, 0.3) is 0 Å². The van der Waals surface area contributed by atoms with Gasteiger partial charge in [0.25, 0.3) is 0 Å². The molecule has 0 unspecified atom stereocenters. The van der Waals surface area contributed by atoms with Gasteiger partial charge >= 0.3 is 12.2 Å². The predicted octanol–water partition coefficient (Wildman–Crippen LogP) is 3.80. The zero-order valence-electron chi connectivity index (χ0n) is 16.6. The van der Waals surface area contributed by atoms with E-state index in [-0.39, 0.29) is 17.4 Å². The van der Waals surface area contributed by atoms with Crippen LogP contribution in [0.1, 0.15) is 36.3 Å². The summed E-state index contributed by atoms with van der Waals surface area (Å²) in [5.41, 5.74) is -1.50. The molecule has 1 aliphatic heterocycles. The fraction of sp³-hybridized carbons (Fsp3) is 0.579. The second-order valence-corrected chi connectivity index (χ2v) is 9.16. The summed E-state index contributed by atoms with van der Waals surface area (Å²) < 4.78 is 40.2. The van der Waals surface area contributed by atoms with Gasteiger partial charge in [-0.25, -0.2) is 4.79 Å². The molecule has 2 aromatic heterocycles. The van der Waals surface area contributed by atoms with Crippen molar-refractivity contribution in [1.82, 2.24) is 20.0 Å². The highest BCUT2D eigenvalue weighted by Crippen LogP contribution is 2.47. The van der Waals surface area contributed by atoms with Crippen LogP contribution in [0.15, 0.2) is 23.6 Å². The standard InChI is InChI=1S/C19H24F3N5OS/c1-25(2)18(14-5-4-10-29-14)8-6-17(7-9-18)12-27(16(28)23-17)15-11-13(19(20,21)22)24-26(15)3/h4-5,10-11H,6-9,12H2,1-3H3,(H,23,28)/t17-,18+. The van der Waals surface area contributed by atoms with Crippen molar-refractivity contribution < 1.29 is 18.0 Å². The number of hydrogen-bond acceptors (Lipinski definition) is 4. The number of amides is 2. The monoisotopic (exact) mass is 427 g/mol. The second kappa shape index (κ2) is 6.73. The van der Waals surface area contributed by atoms with Crippen molar-refractivity contribution in [3.05, 3.63) is 34.2 Å². The number of urea groups is 1. The van der Waals surface area contributed by atoms with Gasteiger partial charge in [0.2, 0.25) is 0 Å². The van der Waals surface area contributed by atoms with Gasteiger partial charge in [-0.2, -0.15) is 18.3 Å². The number of aryl methyl sites for hydroxylation is 1. The first-order valence-electron chi connectivity index (χ1n) is 9.49. The maximum atomic E-state index is 13.0. The lowest BCUT2D eigenvalue weighted by Gasteiger charge is -2.47. The van der Waals surface area contributed by atoms with Gasteiger partial charge in [-0.3, -0.25) is 14.5 Å². The molecule has 158 valence electrons. The summed E-state index contributed by atoms with van der Waals surface area (Å²) in [6.45, 7) is 0.344. The van der Waals surface area contributed by atoms with Crippen molar-refractivity contribution in [3.63, 3.8) is 0 Å². The van der Waals surface area contributed by atoms with Gasteiger partial charge in [0.05, 0.1) is 17.6 Å². The first kappa shape index (κ1) is 20.2. The Morgan fingerprint density at radius 1 is 1.24 bits per heavy atom. The van der Waals surface area contributed by atoms with Crippen LogP contribution in [0.3, 0.4) is 0 Å². The van der Waals surface area contributed by atoms with Crippen molar-refractivity contribution in [1.29, 1.82) is 0 Å². The number of anilines is 1. The molecule has 2 aliphatic rings. The third-order valence-corrected chi connectivity index (χ3v) is 7.43. The zero-order valence-corrected chi connectivity index (χ0v) is 17.4. The molecule has 0 atom stereocenters. The van der Waals surface area contributed by atoms with Gasteiger partial charge in [-0.1, -0.05) is 6.07 Å². The van der Waals surface area contributed by atoms with E-state index in [4.69, 9.17) is 0 Å². The van der Waals surface area contributed by atoms with Crippen molar-refractivity contribution in [2.75, 3.05) is 25.5 Å². The van der Waals surface area contributed by atoms with Gasteiger partial charge < -0.3 is 5.32 Å². The molecule has 1 saturated carbocycles. The zero-order chi connectivity index (χ0) is 21.0. The van der Waals surface area contributed by atoms with Crippen LogP contribution in [-0.4, -0.2) is 46.9 Å². The van der Waals surface area contributed by atoms with Gasteiger partial charge in [0.15, 0.2) is 5.69 Å².